The smallest absolute Gasteiger partial charge is 0.326 e. The molecule has 2 aliphatic rings. The van der Waals surface area contributed by atoms with E-state index in [1.165, 1.54) is 0 Å². The molecule has 24 heavy (non-hydrogen) atoms. The molecule has 3 heterocycles. The van der Waals surface area contributed by atoms with Crippen LogP contribution in [-0.2, 0) is 9.53 Å². The van der Waals surface area contributed by atoms with Gasteiger partial charge in [-0.2, -0.15) is 4.98 Å². The Morgan fingerprint density at radius 2 is 2.25 bits per heavy atom. The molecule has 0 amide bonds. The van der Waals surface area contributed by atoms with Crippen molar-refractivity contribution < 1.29 is 14.6 Å². The fourth-order valence-corrected chi connectivity index (χ4v) is 3.63. The quantitative estimate of drug-likeness (QED) is 0.853. The third-order valence-corrected chi connectivity index (χ3v) is 4.79. The molecular weight excluding hydrogens is 308 g/mol. The number of carboxylic acids is 1. The molecule has 2 fully saturated rings. The first kappa shape index (κ1) is 17.0. The number of anilines is 2. The Labute approximate surface area is 142 Å². The molecule has 7 heteroatoms. The molecule has 7 nitrogen and oxygen atoms in total. The summed E-state index contributed by atoms with van der Waals surface area (Å²) in [7, 11) is 0. The highest BCUT2D eigenvalue weighted by molar-refractivity contribution is 5.78. The Morgan fingerprint density at radius 1 is 1.42 bits per heavy atom. The maximum Gasteiger partial charge on any atom is 0.326 e. The summed E-state index contributed by atoms with van der Waals surface area (Å²) in [5.41, 5.74) is 0. The first-order chi connectivity index (χ1) is 11.6. The molecule has 0 aliphatic carbocycles. The van der Waals surface area contributed by atoms with E-state index < -0.39 is 12.0 Å². The van der Waals surface area contributed by atoms with Crippen molar-refractivity contribution in [3.8, 4) is 0 Å². The summed E-state index contributed by atoms with van der Waals surface area (Å²) in [5.74, 6) is 0.842. The summed E-state index contributed by atoms with van der Waals surface area (Å²) >= 11 is 0. The van der Waals surface area contributed by atoms with E-state index in [2.05, 4.69) is 29.1 Å². The van der Waals surface area contributed by atoms with Gasteiger partial charge in [0, 0.05) is 19.3 Å². The van der Waals surface area contributed by atoms with Crippen molar-refractivity contribution in [3.05, 3.63) is 12.3 Å². The number of nitrogens with one attached hydrogen (secondary N) is 1. The van der Waals surface area contributed by atoms with E-state index in [0.29, 0.717) is 24.8 Å². The van der Waals surface area contributed by atoms with Crippen LogP contribution in [0.5, 0.6) is 0 Å². The monoisotopic (exact) mass is 334 g/mol. The maximum atomic E-state index is 11.4. The molecule has 3 atom stereocenters. The zero-order valence-corrected chi connectivity index (χ0v) is 14.3. The summed E-state index contributed by atoms with van der Waals surface area (Å²) in [6.45, 7) is 5.82. The van der Waals surface area contributed by atoms with Crippen molar-refractivity contribution in [2.24, 2.45) is 5.92 Å². The molecule has 2 aliphatic heterocycles. The van der Waals surface area contributed by atoms with Crippen LogP contribution in [0.3, 0.4) is 0 Å². The molecule has 132 valence electrons. The summed E-state index contributed by atoms with van der Waals surface area (Å²) in [6, 6.07) is 1.53. The van der Waals surface area contributed by atoms with Gasteiger partial charge in [0.2, 0.25) is 5.95 Å². The topological polar surface area (TPSA) is 87.6 Å². The highest BCUT2D eigenvalue weighted by Crippen LogP contribution is 2.26. The van der Waals surface area contributed by atoms with Gasteiger partial charge in [-0.05, 0) is 37.7 Å². The number of aliphatic carboxylic acids is 1. The van der Waals surface area contributed by atoms with Crippen molar-refractivity contribution in [3.63, 3.8) is 0 Å². The van der Waals surface area contributed by atoms with E-state index >= 15 is 0 Å². The molecule has 1 aromatic rings. The lowest BCUT2D eigenvalue weighted by atomic mass is 9.94. The Bertz CT molecular complexity index is 581. The second-order valence-corrected chi connectivity index (χ2v) is 6.90. The predicted molar refractivity (Wildman–Crippen MR) is 91.3 cm³/mol. The van der Waals surface area contributed by atoms with E-state index in [1.54, 1.807) is 11.1 Å². The molecule has 2 unspecified atom stereocenters. The molecule has 3 rings (SSSR count). The number of nitrogens with zero attached hydrogens (tertiary/aromatic N) is 3. The number of hydrogen-bond acceptors (Lipinski definition) is 6. The molecule has 0 aromatic carbocycles. The van der Waals surface area contributed by atoms with Crippen LogP contribution in [0.1, 0.15) is 39.5 Å². The molecule has 0 radical (unpaired) electrons. The van der Waals surface area contributed by atoms with Crippen LogP contribution in [0.15, 0.2) is 12.3 Å². The number of aromatic nitrogens is 2. The lowest BCUT2D eigenvalue weighted by Crippen LogP contribution is -2.43. The minimum Gasteiger partial charge on any atom is -0.480 e. The zero-order chi connectivity index (χ0) is 17.1. The van der Waals surface area contributed by atoms with Gasteiger partial charge >= 0.3 is 5.97 Å². The molecule has 2 N–H and O–H groups in total. The average Bonchev–Trinajstić information content (AvgIpc) is 3.05. The molecule has 1 aromatic heterocycles. The number of hydrogen-bond donors (Lipinski definition) is 2. The van der Waals surface area contributed by atoms with Gasteiger partial charge in [0.1, 0.15) is 11.9 Å². The van der Waals surface area contributed by atoms with Gasteiger partial charge in [-0.3, -0.25) is 0 Å². The fraction of sp³-hybridized carbons (Fsp3) is 0.706. The van der Waals surface area contributed by atoms with E-state index in [1.807, 2.05) is 6.07 Å². The average molecular weight is 334 g/mol. The summed E-state index contributed by atoms with van der Waals surface area (Å²) < 4.78 is 5.91. The summed E-state index contributed by atoms with van der Waals surface area (Å²) in [6.07, 6.45) is 5.42. The van der Waals surface area contributed by atoms with Gasteiger partial charge in [-0.15, -0.1) is 0 Å². The van der Waals surface area contributed by atoms with Crippen molar-refractivity contribution in [1.29, 1.82) is 0 Å². The van der Waals surface area contributed by atoms with Crippen LogP contribution in [0.25, 0.3) is 0 Å². The number of ether oxygens (including phenoxy) is 1. The van der Waals surface area contributed by atoms with E-state index in [-0.39, 0.29) is 12.1 Å². The van der Waals surface area contributed by atoms with Crippen molar-refractivity contribution in [2.45, 2.75) is 57.7 Å². The number of carboxylic acid groups (broad SMARTS) is 1. The first-order valence-electron chi connectivity index (χ1n) is 8.77. The lowest BCUT2D eigenvalue weighted by Gasteiger charge is -2.35. The minimum absolute atomic E-state index is 0.163. The lowest BCUT2D eigenvalue weighted by molar-refractivity contribution is -0.138. The van der Waals surface area contributed by atoms with Gasteiger partial charge in [0.05, 0.1) is 12.1 Å². The normalized spacial score (nSPS) is 27.5. The van der Waals surface area contributed by atoms with E-state index in [9.17, 15) is 9.90 Å². The van der Waals surface area contributed by atoms with Crippen LogP contribution in [0, 0.1) is 5.92 Å². The maximum absolute atomic E-state index is 11.4. The highest BCUT2D eigenvalue weighted by atomic mass is 16.5. The highest BCUT2D eigenvalue weighted by Gasteiger charge is 2.33. The van der Waals surface area contributed by atoms with E-state index in [0.717, 1.165) is 31.7 Å². The van der Waals surface area contributed by atoms with Crippen LogP contribution < -0.4 is 10.2 Å². The third-order valence-electron chi connectivity index (χ3n) is 4.79. The standard InChI is InChI=1S/C17H26N4O3/c1-11(2)15-12(5-4-10-24-15)19-14-7-8-18-17(20-14)21-9-3-6-13(21)16(22)23/h7-8,11-13,15H,3-6,9-10H2,1-2H3,(H,22,23)(H,18,19,20)/t12?,13-,15?/m0/s1. The van der Waals surface area contributed by atoms with Crippen LogP contribution >= 0.6 is 0 Å². The second-order valence-electron chi connectivity index (χ2n) is 6.90. The summed E-state index contributed by atoms with van der Waals surface area (Å²) in [4.78, 5) is 22.0. The Kier molecular flexibility index (Phi) is 5.18. The van der Waals surface area contributed by atoms with Crippen molar-refractivity contribution >= 4 is 17.7 Å². The number of rotatable bonds is 5. The molecule has 2 saturated heterocycles. The van der Waals surface area contributed by atoms with E-state index in [4.69, 9.17) is 4.74 Å². The Hall–Kier alpha value is -1.89. The van der Waals surface area contributed by atoms with Crippen molar-refractivity contribution in [2.75, 3.05) is 23.4 Å². The Morgan fingerprint density at radius 3 is 3.00 bits per heavy atom. The van der Waals surface area contributed by atoms with Crippen LogP contribution in [0.4, 0.5) is 11.8 Å². The first-order valence-corrected chi connectivity index (χ1v) is 8.77. The predicted octanol–water partition coefficient (Wildman–Crippen LogP) is 2.15. The van der Waals surface area contributed by atoms with Gasteiger partial charge in [0.25, 0.3) is 0 Å². The van der Waals surface area contributed by atoms with Gasteiger partial charge in [-0.1, -0.05) is 13.8 Å². The molecule has 0 spiro atoms. The molecular formula is C17H26N4O3. The third kappa shape index (κ3) is 3.61. The van der Waals surface area contributed by atoms with Crippen molar-refractivity contribution in [1.82, 2.24) is 9.97 Å². The molecule has 0 saturated carbocycles. The largest absolute Gasteiger partial charge is 0.480 e. The molecule has 0 bridgehead atoms. The van der Waals surface area contributed by atoms with Gasteiger partial charge in [0.15, 0.2) is 0 Å². The zero-order valence-electron chi connectivity index (χ0n) is 14.3. The fourth-order valence-electron chi connectivity index (χ4n) is 3.63. The minimum atomic E-state index is -0.810. The van der Waals surface area contributed by atoms with Crippen LogP contribution in [0.2, 0.25) is 0 Å². The second kappa shape index (κ2) is 7.34. The van der Waals surface area contributed by atoms with Gasteiger partial charge < -0.3 is 20.1 Å². The number of carbonyl (C=O) groups is 1. The van der Waals surface area contributed by atoms with Crippen LogP contribution in [-0.4, -0.2) is 52.4 Å². The Balaban J connectivity index is 1.74. The SMILES string of the molecule is CC(C)C1OCCCC1Nc1ccnc(N2CCC[C@H]2C(=O)O)n1. The summed E-state index contributed by atoms with van der Waals surface area (Å²) in [5, 5.41) is 12.8. The van der Waals surface area contributed by atoms with Gasteiger partial charge in [-0.25, -0.2) is 9.78 Å².